The number of sulfonamides is 1. The number of ether oxygens (including phenoxy) is 1. The van der Waals surface area contributed by atoms with E-state index in [9.17, 15) is 13.2 Å². The molecule has 0 saturated heterocycles. The Kier molecular flexibility index (Phi) is 5.33. The first-order valence-corrected chi connectivity index (χ1v) is 8.48. The number of nitrogens with one attached hydrogen (secondary N) is 1. The Morgan fingerprint density at radius 1 is 1.24 bits per heavy atom. The van der Waals surface area contributed by atoms with Crippen LogP contribution in [0.15, 0.2) is 24.3 Å². The lowest BCUT2D eigenvalue weighted by Crippen LogP contribution is -2.29. The van der Waals surface area contributed by atoms with Crippen molar-refractivity contribution in [2.75, 3.05) is 7.11 Å². The second-order valence-electron chi connectivity index (χ2n) is 5.06. The summed E-state index contributed by atoms with van der Waals surface area (Å²) < 4.78 is 28.4. The molecule has 1 fully saturated rings. The first-order valence-electron chi connectivity index (χ1n) is 6.82. The summed E-state index contributed by atoms with van der Waals surface area (Å²) in [6.45, 7) is 0. The third kappa shape index (κ3) is 4.80. The predicted molar refractivity (Wildman–Crippen MR) is 76.9 cm³/mol. The van der Waals surface area contributed by atoms with Crippen molar-refractivity contribution in [2.45, 2.75) is 37.5 Å². The number of carbonyl (C=O) groups excluding carboxylic acids is 1. The van der Waals surface area contributed by atoms with Crippen molar-refractivity contribution in [3.63, 3.8) is 0 Å². The summed E-state index contributed by atoms with van der Waals surface area (Å²) in [5.74, 6) is -0.645. The highest BCUT2D eigenvalue weighted by atomic mass is 32.2. The average Bonchev–Trinajstić information content (AvgIpc) is 2.98. The summed E-state index contributed by atoms with van der Waals surface area (Å²) in [7, 11) is -2.25. The van der Waals surface area contributed by atoms with Crippen LogP contribution in [-0.4, -0.2) is 27.6 Å². The Morgan fingerprint density at radius 2 is 1.86 bits per heavy atom. The van der Waals surface area contributed by atoms with Gasteiger partial charge in [0.1, 0.15) is 0 Å². The van der Waals surface area contributed by atoms with Gasteiger partial charge in [-0.1, -0.05) is 29.9 Å². The summed E-state index contributed by atoms with van der Waals surface area (Å²) >= 11 is 0. The molecule has 0 aliphatic heterocycles. The highest BCUT2D eigenvalue weighted by molar-refractivity contribution is 7.88. The number of esters is 1. The monoisotopic (exact) mass is 313 g/mol. The average molecular weight is 313 g/mol. The molecule has 1 saturated carbocycles. The Morgan fingerprint density at radius 3 is 2.43 bits per heavy atom. The summed E-state index contributed by atoms with van der Waals surface area (Å²) in [5.41, 5.74) is 0.957. The molecule has 116 valence electrons. The number of rotatable bonds is 6. The predicted octanol–water partition coefficient (Wildman–Crippen LogP) is 1.77. The molecule has 0 amide bonds. The Bertz CT molecular complexity index is 576. The maximum atomic E-state index is 11.9. The maximum absolute atomic E-state index is 11.9. The van der Waals surface area contributed by atoms with Crippen LogP contribution in [0.4, 0.5) is 0 Å². The lowest BCUT2D eigenvalue weighted by molar-refractivity contribution is 0.0222. The zero-order chi connectivity index (χ0) is 15.3. The van der Waals surface area contributed by atoms with Crippen molar-refractivity contribution in [3.05, 3.63) is 35.4 Å². The standard InChI is InChI=1S/C14H19NO5S/c1-19-14(16)12-8-6-11(7-9-12)10-21(17,18)15-20-13-4-2-3-5-13/h6-9,13,15H,2-5,10H2,1H3. The molecule has 2 rings (SSSR count). The Labute approximate surface area is 124 Å². The van der Waals surface area contributed by atoms with Crippen LogP contribution >= 0.6 is 0 Å². The molecule has 0 bridgehead atoms. The van der Waals surface area contributed by atoms with Crippen LogP contribution in [-0.2, 0) is 25.4 Å². The van der Waals surface area contributed by atoms with Crippen LogP contribution in [0.1, 0.15) is 41.6 Å². The van der Waals surface area contributed by atoms with Gasteiger partial charge in [-0.15, -0.1) is 0 Å². The van der Waals surface area contributed by atoms with Crippen molar-refractivity contribution < 1.29 is 22.8 Å². The first kappa shape index (κ1) is 15.9. The van der Waals surface area contributed by atoms with Crippen molar-refractivity contribution in [1.29, 1.82) is 0 Å². The van der Waals surface area contributed by atoms with Gasteiger partial charge in [-0.3, -0.25) is 4.84 Å². The molecular weight excluding hydrogens is 294 g/mol. The minimum Gasteiger partial charge on any atom is -0.465 e. The Hall–Kier alpha value is -1.44. The van der Waals surface area contributed by atoms with Crippen molar-refractivity contribution >= 4 is 16.0 Å². The molecular formula is C14H19NO5S. The van der Waals surface area contributed by atoms with E-state index in [-0.39, 0.29) is 11.9 Å². The molecule has 6 nitrogen and oxygen atoms in total. The van der Waals surface area contributed by atoms with Gasteiger partial charge in [-0.05, 0) is 30.5 Å². The molecule has 1 N–H and O–H groups in total. The second kappa shape index (κ2) is 7.02. The van der Waals surface area contributed by atoms with Gasteiger partial charge in [0.05, 0.1) is 24.5 Å². The van der Waals surface area contributed by atoms with Gasteiger partial charge in [0.2, 0.25) is 10.0 Å². The molecule has 1 aliphatic rings. The molecule has 0 spiro atoms. The Balaban J connectivity index is 1.91. The van der Waals surface area contributed by atoms with Crippen molar-refractivity contribution in [2.24, 2.45) is 0 Å². The van der Waals surface area contributed by atoms with Gasteiger partial charge in [0.25, 0.3) is 0 Å². The van der Waals surface area contributed by atoms with Crippen LogP contribution in [0, 0.1) is 0 Å². The molecule has 7 heteroatoms. The lowest BCUT2D eigenvalue weighted by atomic mass is 10.1. The maximum Gasteiger partial charge on any atom is 0.337 e. The molecule has 0 atom stereocenters. The van der Waals surface area contributed by atoms with Crippen LogP contribution < -0.4 is 4.89 Å². The van der Waals surface area contributed by atoms with E-state index in [1.807, 2.05) is 0 Å². The number of carbonyl (C=O) groups is 1. The van der Waals surface area contributed by atoms with E-state index < -0.39 is 16.0 Å². The van der Waals surface area contributed by atoms with E-state index in [0.29, 0.717) is 11.1 Å². The van der Waals surface area contributed by atoms with Crippen LogP contribution in [0.3, 0.4) is 0 Å². The molecule has 21 heavy (non-hydrogen) atoms. The second-order valence-corrected chi connectivity index (χ2v) is 6.74. The third-order valence-corrected chi connectivity index (χ3v) is 4.44. The van der Waals surface area contributed by atoms with Crippen LogP contribution in [0.25, 0.3) is 0 Å². The quantitative estimate of drug-likeness (QED) is 0.639. The van der Waals surface area contributed by atoms with Gasteiger partial charge >= 0.3 is 5.97 Å². The lowest BCUT2D eigenvalue weighted by Gasteiger charge is -2.12. The minimum absolute atomic E-state index is 0.0264. The fourth-order valence-corrected chi connectivity index (χ4v) is 3.22. The van der Waals surface area contributed by atoms with Gasteiger partial charge < -0.3 is 4.74 Å². The molecule has 1 aliphatic carbocycles. The molecule has 0 unspecified atom stereocenters. The highest BCUT2D eigenvalue weighted by Crippen LogP contribution is 2.20. The van der Waals surface area contributed by atoms with Gasteiger partial charge in [-0.25, -0.2) is 13.2 Å². The van der Waals surface area contributed by atoms with Crippen LogP contribution in [0.5, 0.6) is 0 Å². The SMILES string of the molecule is COC(=O)c1ccc(CS(=O)(=O)NOC2CCCC2)cc1. The zero-order valence-electron chi connectivity index (χ0n) is 11.9. The molecule has 0 heterocycles. The normalized spacial score (nSPS) is 16.0. The molecule has 0 aromatic heterocycles. The largest absolute Gasteiger partial charge is 0.465 e. The van der Waals surface area contributed by atoms with Crippen molar-refractivity contribution in [3.8, 4) is 0 Å². The summed E-state index contributed by atoms with van der Waals surface area (Å²) in [6.07, 6.45) is 3.89. The fourth-order valence-electron chi connectivity index (χ4n) is 2.25. The van der Waals surface area contributed by atoms with E-state index in [1.54, 1.807) is 12.1 Å². The topological polar surface area (TPSA) is 81.7 Å². The van der Waals surface area contributed by atoms with Gasteiger partial charge in [-0.2, -0.15) is 0 Å². The van der Waals surface area contributed by atoms with Gasteiger partial charge in [0.15, 0.2) is 0 Å². The number of benzene rings is 1. The highest BCUT2D eigenvalue weighted by Gasteiger charge is 2.19. The van der Waals surface area contributed by atoms with E-state index in [4.69, 9.17) is 4.84 Å². The third-order valence-electron chi connectivity index (χ3n) is 3.38. The van der Waals surface area contributed by atoms with E-state index in [2.05, 4.69) is 9.62 Å². The summed E-state index contributed by atoms with van der Waals surface area (Å²) in [4.78, 5) is 18.7. The molecule has 1 aromatic rings. The van der Waals surface area contributed by atoms with E-state index in [1.165, 1.54) is 19.2 Å². The molecule has 0 radical (unpaired) electrons. The van der Waals surface area contributed by atoms with Crippen molar-refractivity contribution in [1.82, 2.24) is 4.89 Å². The number of hydrogen-bond donors (Lipinski definition) is 1. The smallest absolute Gasteiger partial charge is 0.337 e. The molecule has 1 aromatic carbocycles. The summed E-state index contributed by atoms with van der Waals surface area (Å²) in [5, 5.41) is 0. The number of methoxy groups -OCH3 is 1. The fraction of sp³-hybridized carbons (Fsp3) is 0.500. The van der Waals surface area contributed by atoms with E-state index >= 15 is 0 Å². The van der Waals surface area contributed by atoms with E-state index in [0.717, 1.165) is 25.7 Å². The first-order chi connectivity index (χ1) is 10.00. The van der Waals surface area contributed by atoms with Crippen LogP contribution in [0.2, 0.25) is 0 Å². The van der Waals surface area contributed by atoms with Gasteiger partial charge in [0, 0.05) is 0 Å². The number of hydrogen-bond acceptors (Lipinski definition) is 5. The summed E-state index contributed by atoms with van der Waals surface area (Å²) in [6, 6.07) is 6.24. The zero-order valence-corrected chi connectivity index (χ0v) is 12.7. The minimum atomic E-state index is -3.55.